The molecule has 0 saturated heterocycles. The van der Waals surface area contributed by atoms with Gasteiger partial charge in [0.25, 0.3) is 0 Å². The first-order valence-electron chi connectivity index (χ1n) is 7.48. The number of carbonyl (C=O) groups is 1. The van der Waals surface area contributed by atoms with Crippen molar-refractivity contribution in [3.8, 4) is 11.5 Å². The molecule has 2 fully saturated rings. The number of hydrogen-bond donors (Lipinski definition) is 2. The minimum Gasteiger partial charge on any atom is -0.508 e. The summed E-state index contributed by atoms with van der Waals surface area (Å²) in [5.41, 5.74) is 0.178. The van der Waals surface area contributed by atoms with Crippen molar-refractivity contribution >= 4 is 5.97 Å². The molecule has 1 aromatic carbocycles. The quantitative estimate of drug-likeness (QED) is 0.646. The normalized spacial score (nSPS) is 33.1. The number of benzene rings is 1. The molecule has 0 spiro atoms. The number of aromatic hydroxyl groups is 2. The van der Waals surface area contributed by atoms with Gasteiger partial charge in [-0.3, -0.25) is 0 Å². The maximum Gasteiger partial charge on any atom is 0.342 e. The topological polar surface area (TPSA) is 66.8 Å². The largest absolute Gasteiger partial charge is 0.508 e. The van der Waals surface area contributed by atoms with Gasteiger partial charge in [-0.1, -0.05) is 20.8 Å². The molecule has 4 heteroatoms. The second-order valence-electron chi connectivity index (χ2n) is 7.21. The van der Waals surface area contributed by atoms with E-state index in [2.05, 4.69) is 20.8 Å². The first-order chi connectivity index (χ1) is 9.75. The molecule has 3 rings (SSSR count). The van der Waals surface area contributed by atoms with Gasteiger partial charge in [-0.25, -0.2) is 4.79 Å². The third-order valence-electron chi connectivity index (χ3n) is 6.16. The van der Waals surface area contributed by atoms with Crippen LogP contribution < -0.4 is 0 Å². The fraction of sp³-hybridized carbons (Fsp3) is 0.588. The monoisotopic (exact) mass is 290 g/mol. The molecule has 2 aliphatic carbocycles. The highest BCUT2D eigenvalue weighted by atomic mass is 16.5. The molecular weight excluding hydrogens is 268 g/mol. The summed E-state index contributed by atoms with van der Waals surface area (Å²) in [6, 6.07) is 3.89. The van der Waals surface area contributed by atoms with E-state index in [1.807, 2.05) is 0 Å². The van der Waals surface area contributed by atoms with Gasteiger partial charge in [0.05, 0.1) is 0 Å². The highest BCUT2D eigenvalue weighted by Gasteiger charge is 2.62. The molecule has 0 aromatic heterocycles. The number of phenolic OH excluding ortho intramolecular Hbond substituents is 2. The number of fused-ring (bicyclic) bond motifs is 2. The Hall–Kier alpha value is -1.71. The zero-order chi connectivity index (χ0) is 15.4. The highest BCUT2D eigenvalue weighted by Crippen LogP contribution is 2.66. The lowest BCUT2D eigenvalue weighted by Crippen LogP contribution is -2.38. The van der Waals surface area contributed by atoms with E-state index >= 15 is 0 Å². The highest BCUT2D eigenvalue weighted by molar-refractivity contribution is 5.93. The van der Waals surface area contributed by atoms with Crippen LogP contribution in [-0.2, 0) is 4.74 Å². The summed E-state index contributed by atoms with van der Waals surface area (Å²) in [6.45, 7) is 6.70. The fourth-order valence-electron chi connectivity index (χ4n) is 4.19. The van der Waals surface area contributed by atoms with E-state index in [9.17, 15) is 15.0 Å². The Morgan fingerprint density at radius 1 is 1.29 bits per heavy atom. The van der Waals surface area contributed by atoms with Crippen LogP contribution in [0, 0.1) is 16.7 Å². The molecular formula is C17H22O4. The molecule has 2 N–H and O–H groups in total. The Balaban J connectivity index is 1.82. The van der Waals surface area contributed by atoms with Gasteiger partial charge in [-0.15, -0.1) is 0 Å². The summed E-state index contributed by atoms with van der Waals surface area (Å²) in [5, 5.41) is 19.2. The minimum atomic E-state index is -0.557. The Kier molecular flexibility index (Phi) is 2.98. The number of phenols is 2. The average molecular weight is 290 g/mol. The molecule has 0 amide bonds. The van der Waals surface area contributed by atoms with Crippen LogP contribution in [0.1, 0.15) is 50.4 Å². The molecule has 3 unspecified atom stereocenters. The van der Waals surface area contributed by atoms with Crippen LogP contribution in [0.25, 0.3) is 0 Å². The number of rotatable bonds is 2. The van der Waals surface area contributed by atoms with Crippen LogP contribution in [-0.4, -0.2) is 22.3 Å². The van der Waals surface area contributed by atoms with Gasteiger partial charge >= 0.3 is 5.97 Å². The number of carbonyl (C=O) groups excluding carboxylic acids is 1. The van der Waals surface area contributed by atoms with Crippen molar-refractivity contribution in [2.45, 2.75) is 46.1 Å². The van der Waals surface area contributed by atoms with Gasteiger partial charge in [0, 0.05) is 5.41 Å². The molecule has 2 saturated carbocycles. The second-order valence-corrected chi connectivity index (χ2v) is 7.21. The third kappa shape index (κ3) is 1.92. The summed E-state index contributed by atoms with van der Waals surface area (Å²) in [7, 11) is 0. The average Bonchev–Trinajstić information content (AvgIpc) is 2.74. The van der Waals surface area contributed by atoms with Crippen molar-refractivity contribution in [2.75, 3.05) is 0 Å². The maximum absolute atomic E-state index is 12.3. The standard InChI is InChI=1S/C17H22O4/c1-16(2)10-6-7-17(16,3)14(8-10)21-15(20)12-9-11(18)4-5-13(12)19/h4-5,9-10,14,18-19H,6-8H2,1-3H3. The third-order valence-corrected chi connectivity index (χ3v) is 6.16. The van der Waals surface area contributed by atoms with E-state index in [1.165, 1.54) is 24.6 Å². The Bertz CT molecular complexity index is 592. The van der Waals surface area contributed by atoms with Crippen LogP contribution >= 0.6 is 0 Å². The smallest absolute Gasteiger partial charge is 0.342 e. The Labute approximate surface area is 124 Å². The van der Waals surface area contributed by atoms with E-state index in [1.54, 1.807) is 0 Å². The molecule has 0 aliphatic heterocycles. The van der Waals surface area contributed by atoms with E-state index in [0.29, 0.717) is 5.92 Å². The fourth-order valence-corrected chi connectivity index (χ4v) is 4.19. The maximum atomic E-state index is 12.3. The summed E-state index contributed by atoms with van der Waals surface area (Å²) >= 11 is 0. The van der Waals surface area contributed by atoms with Crippen molar-refractivity contribution in [2.24, 2.45) is 16.7 Å². The van der Waals surface area contributed by atoms with Gasteiger partial charge in [0.15, 0.2) is 0 Å². The number of esters is 1. The zero-order valence-corrected chi connectivity index (χ0v) is 12.7. The lowest BCUT2D eigenvalue weighted by Gasteiger charge is -2.38. The number of ether oxygens (including phenoxy) is 1. The van der Waals surface area contributed by atoms with E-state index in [-0.39, 0.29) is 34.0 Å². The lowest BCUT2D eigenvalue weighted by molar-refractivity contribution is -0.0244. The van der Waals surface area contributed by atoms with Gasteiger partial charge in [0.1, 0.15) is 23.2 Å². The van der Waals surface area contributed by atoms with Gasteiger partial charge in [-0.2, -0.15) is 0 Å². The molecule has 0 radical (unpaired) electrons. The first-order valence-corrected chi connectivity index (χ1v) is 7.48. The van der Waals surface area contributed by atoms with Gasteiger partial charge in [-0.05, 0) is 48.8 Å². The second kappa shape index (κ2) is 4.39. The minimum absolute atomic E-state index is 0.0141. The van der Waals surface area contributed by atoms with E-state index < -0.39 is 5.97 Å². The molecule has 21 heavy (non-hydrogen) atoms. The Morgan fingerprint density at radius 3 is 2.57 bits per heavy atom. The summed E-state index contributed by atoms with van der Waals surface area (Å²) in [6.07, 6.45) is 3.01. The molecule has 3 atom stereocenters. The van der Waals surface area contributed by atoms with Gasteiger partial charge in [0.2, 0.25) is 0 Å². The van der Waals surface area contributed by atoms with E-state index in [0.717, 1.165) is 12.8 Å². The van der Waals surface area contributed by atoms with Crippen LogP contribution in [0.2, 0.25) is 0 Å². The summed E-state index contributed by atoms with van der Waals surface area (Å²) in [5.74, 6) is -0.194. The van der Waals surface area contributed by atoms with Crippen LogP contribution in [0.4, 0.5) is 0 Å². The van der Waals surface area contributed by atoms with Crippen LogP contribution in [0.5, 0.6) is 11.5 Å². The molecule has 4 nitrogen and oxygen atoms in total. The first kappa shape index (κ1) is 14.2. The Morgan fingerprint density at radius 2 is 2.00 bits per heavy atom. The van der Waals surface area contributed by atoms with Crippen LogP contribution in [0.15, 0.2) is 18.2 Å². The molecule has 114 valence electrons. The molecule has 1 aromatic rings. The van der Waals surface area contributed by atoms with Crippen molar-refractivity contribution < 1.29 is 19.7 Å². The van der Waals surface area contributed by atoms with Crippen molar-refractivity contribution in [1.82, 2.24) is 0 Å². The summed E-state index contributed by atoms with van der Waals surface area (Å²) < 4.78 is 5.70. The van der Waals surface area contributed by atoms with Crippen molar-refractivity contribution in [1.29, 1.82) is 0 Å². The predicted octanol–water partition coefficient (Wildman–Crippen LogP) is 3.47. The van der Waals surface area contributed by atoms with Crippen LogP contribution in [0.3, 0.4) is 0 Å². The number of hydrogen-bond acceptors (Lipinski definition) is 4. The summed E-state index contributed by atoms with van der Waals surface area (Å²) in [4.78, 5) is 12.3. The SMILES string of the molecule is CC1(C)C2CCC1(C)C(OC(=O)c1cc(O)ccc1O)C2. The molecule has 2 bridgehead atoms. The van der Waals surface area contributed by atoms with Gasteiger partial charge < -0.3 is 14.9 Å². The van der Waals surface area contributed by atoms with Crippen molar-refractivity contribution in [3.05, 3.63) is 23.8 Å². The zero-order valence-electron chi connectivity index (χ0n) is 12.7. The molecule has 0 heterocycles. The molecule has 2 aliphatic rings. The van der Waals surface area contributed by atoms with E-state index in [4.69, 9.17) is 4.74 Å². The lowest BCUT2D eigenvalue weighted by atomic mass is 9.70. The van der Waals surface area contributed by atoms with Crippen molar-refractivity contribution in [3.63, 3.8) is 0 Å². The predicted molar refractivity (Wildman–Crippen MR) is 78.2 cm³/mol.